The summed E-state index contributed by atoms with van der Waals surface area (Å²) >= 11 is 5.83. The summed E-state index contributed by atoms with van der Waals surface area (Å²) in [6.07, 6.45) is 0.717. The molecule has 80 valence electrons. The van der Waals surface area contributed by atoms with E-state index in [0.717, 1.165) is 11.1 Å². The Bertz CT molecular complexity index is 535. The standard InChI is InChI=1S/C13H9ClO2/c14-13-5-4-10(6-11(13)8-15)9-2-1-3-12(16)7-9/h1-8,16H. The number of phenolic OH excluding ortho intramolecular Hbond substituents is 1. The molecular weight excluding hydrogens is 224 g/mol. The largest absolute Gasteiger partial charge is 0.508 e. The molecule has 2 nitrogen and oxygen atoms in total. The molecule has 1 N–H and O–H groups in total. The average Bonchev–Trinajstić information content (AvgIpc) is 2.29. The summed E-state index contributed by atoms with van der Waals surface area (Å²) in [5.41, 5.74) is 2.14. The van der Waals surface area contributed by atoms with Crippen molar-refractivity contribution in [3.05, 3.63) is 53.1 Å². The lowest BCUT2D eigenvalue weighted by atomic mass is 10.0. The van der Waals surface area contributed by atoms with Gasteiger partial charge < -0.3 is 5.11 Å². The van der Waals surface area contributed by atoms with Crippen LogP contribution in [0.15, 0.2) is 42.5 Å². The van der Waals surface area contributed by atoms with E-state index in [1.807, 2.05) is 12.1 Å². The molecule has 0 radical (unpaired) electrons. The highest BCUT2D eigenvalue weighted by molar-refractivity contribution is 6.33. The number of halogens is 1. The first kappa shape index (κ1) is 10.7. The lowest BCUT2D eigenvalue weighted by molar-refractivity contribution is 0.112. The fourth-order valence-electron chi connectivity index (χ4n) is 1.50. The molecule has 0 fully saturated rings. The van der Waals surface area contributed by atoms with Crippen LogP contribution < -0.4 is 0 Å². The molecule has 0 aliphatic rings. The van der Waals surface area contributed by atoms with E-state index in [4.69, 9.17) is 11.6 Å². The molecule has 0 saturated heterocycles. The van der Waals surface area contributed by atoms with Crippen LogP contribution in [0.5, 0.6) is 5.75 Å². The molecule has 0 aliphatic heterocycles. The monoisotopic (exact) mass is 232 g/mol. The molecule has 2 aromatic carbocycles. The molecule has 0 spiro atoms. The van der Waals surface area contributed by atoms with Crippen molar-refractivity contribution in [2.75, 3.05) is 0 Å². The molecule has 0 atom stereocenters. The zero-order chi connectivity index (χ0) is 11.5. The van der Waals surface area contributed by atoms with E-state index in [2.05, 4.69) is 0 Å². The number of carbonyl (C=O) groups excluding carboxylic acids is 1. The van der Waals surface area contributed by atoms with Gasteiger partial charge in [0, 0.05) is 5.56 Å². The Balaban J connectivity index is 2.52. The molecule has 3 heteroatoms. The molecule has 0 unspecified atom stereocenters. The van der Waals surface area contributed by atoms with Crippen molar-refractivity contribution < 1.29 is 9.90 Å². The van der Waals surface area contributed by atoms with Crippen molar-refractivity contribution in [3.63, 3.8) is 0 Å². The van der Waals surface area contributed by atoms with Gasteiger partial charge in [-0.05, 0) is 35.4 Å². The molecule has 2 aromatic rings. The van der Waals surface area contributed by atoms with E-state index >= 15 is 0 Å². The number of hydrogen-bond acceptors (Lipinski definition) is 2. The van der Waals surface area contributed by atoms with Gasteiger partial charge in [-0.1, -0.05) is 29.8 Å². The van der Waals surface area contributed by atoms with Gasteiger partial charge in [-0.15, -0.1) is 0 Å². The van der Waals surface area contributed by atoms with Gasteiger partial charge in [0.2, 0.25) is 0 Å². The maximum atomic E-state index is 10.7. The topological polar surface area (TPSA) is 37.3 Å². The van der Waals surface area contributed by atoms with Gasteiger partial charge in [-0.3, -0.25) is 4.79 Å². The zero-order valence-corrected chi connectivity index (χ0v) is 9.11. The number of rotatable bonds is 2. The van der Waals surface area contributed by atoms with Crippen molar-refractivity contribution in [3.8, 4) is 16.9 Å². The first-order valence-corrected chi connectivity index (χ1v) is 5.12. The van der Waals surface area contributed by atoms with Gasteiger partial charge in [0.05, 0.1) is 5.02 Å². The van der Waals surface area contributed by atoms with E-state index in [9.17, 15) is 9.90 Å². The number of aldehydes is 1. The summed E-state index contributed by atoms with van der Waals surface area (Å²) in [5, 5.41) is 9.79. The Morgan fingerprint density at radius 3 is 2.50 bits per heavy atom. The number of aromatic hydroxyl groups is 1. The number of phenols is 1. The lowest BCUT2D eigenvalue weighted by Gasteiger charge is -2.04. The van der Waals surface area contributed by atoms with Crippen LogP contribution in [-0.2, 0) is 0 Å². The van der Waals surface area contributed by atoms with Gasteiger partial charge in [-0.25, -0.2) is 0 Å². The Kier molecular flexibility index (Phi) is 2.93. The lowest BCUT2D eigenvalue weighted by Crippen LogP contribution is -1.84. The summed E-state index contributed by atoms with van der Waals surface area (Å²) in [7, 11) is 0. The van der Waals surface area contributed by atoms with Crippen molar-refractivity contribution >= 4 is 17.9 Å². The molecule has 0 bridgehead atoms. The second kappa shape index (κ2) is 4.37. The van der Waals surface area contributed by atoms with Crippen LogP contribution in [0.1, 0.15) is 10.4 Å². The quantitative estimate of drug-likeness (QED) is 0.805. The summed E-state index contributed by atoms with van der Waals surface area (Å²) < 4.78 is 0. The minimum absolute atomic E-state index is 0.195. The van der Waals surface area contributed by atoms with Crippen LogP contribution >= 0.6 is 11.6 Å². The normalized spacial score (nSPS) is 10.1. The van der Waals surface area contributed by atoms with Crippen molar-refractivity contribution in [1.82, 2.24) is 0 Å². The van der Waals surface area contributed by atoms with E-state index < -0.39 is 0 Å². The molecule has 0 amide bonds. The van der Waals surface area contributed by atoms with Crippen LogP contribution in [0.4, 0.5) is 0 Å². The fourth-order valence-corrected chi connectivity index (χ4v) is 1.66. The molecular formula is C13H9ClO2. The molecule has 0 saturated carbocycles. The second-order valence-corrected chi connectivity index (χ2v) is 3.81. The Labute approximate surface area is 98.1 Å². The summed E-state index contributed by atoms with van der Waals surface area (Å²) in [6, 6.07) is 12.0. The molecule has 16 heavy (non-hydrogen) atoms. The first-order valence-electron chi connectivity index (χ1n) is 4.75. The number of carbonyl (C=O) groups is 1. The third kappa shape index (κ3) is 2.07. The van der Waals surface area contributed by atoms with Gasteiger partial charge in [0.1, 0.15) is 5.75 Å². The van der Waals surface area contributed by atoms with Crippen LogP contribution in [-0.4, -0.2) is 11.4 Å². The van der Waals surface area contributed by atoms with Gasteiger partial charge in [0.15, 0.2) is 6.29 Å². The fraction of sp³-hybridized carbons (Fsp3) is 0. The maximum Gasteiger partial charge on any atom is 0.151 e. The molecule has 0 heterocycles. The number of benzene rings is 2. The second-order valence-electron chi connectivity index (χ2n) is 3.40. The molecule has 0 aliphatic carbocycles. The minimum atomic E-state index is 0.195. The van der Waals surface area contributed by atoms with Crippen molar-refractivity contribution in [2.45, 2.75) is 0 Å². The van der Waals surface area contributed by atoms with Crippen LogP contribution in [0.2, 0.25) is 5.02 Å². The van der Waals surface area contributed by atoms with Gasteiger partial charge in [-0.2, -0.15) is 0 Å². The Hall–Kier alpha value is -1.80. The van der Waals surface area contributed by atoms with Crippen LogP contribution in [0.25, 0.3) is 11.1 Å². The predicted molar refractivity (Wildman–Crippen MR) is 63.9 cm³/mol. The van der Waals surface area contributed by atoms with E-state index in [0.29, 0.717) is 16.9 Å². The highest BCUT2D eigenvalue weighted by atomic mass is 35.5. The van der Waals surface area contributed by atoms with Crippen LogP contribution in [0.3, 0.4) is 0 Å². The minimum Gasteiger partial charge on any atom is -0.508 e. The molecule has 0 aromatic heterocycles. The van der Waals surface area contributed by atoms with E-state index in [-0.39, 0.29) is 5.75 Å². The smallest absolute Gasteiger partial charge is 0.151 e. The van der Waals surface area contributed by atoms with Crippen LogP contribution in [0, 0.1) is 0 Å². The van der Waals surface area contributed by atoms with Crippen molar-refractivity contribution in [1.29, 1.82) is 0 Å². The van der Waals surface area contributed by atoms with Gasteiger partial charge >= 0.3 is 0 Å². The first-order chi connectivity index (χ1) is 7.70. The third-order valence-electron chi connectivity index (χ3n) is 2.30. The highest BCUT2D eigenvalue weighted by Crippen LogP contribution is 2.26. The zero-order valence-electron chi connectivity index (χ0n) is 8.35. The molecule has 2 rings (SSSR count). The maximum absolute atomic E-state index is 10.7. The van der Waals surface area contributed by atoms with E-state index in [1.54, 1.807) is 30.3 Å². The number of hydrogen-bond donors (Lipinski definition) is 1. The SMILES string of the molecule is O=Cc1cc(-c2cccc(O)c2)ccc1Cl. The summed E-state index contributed by atoms with van der Waals surface area (Å²) in [4.78, 5) is 10.7. The average molecular weight is 233 g/mol. The predicted octanol–water partition coefficient (Wildman–Crippen LogP) is 3.53. The van der Waals surface area contributed by atoms with Crippen molar-refractivity contribution in [2.24, 2.45) is 0 Å². The summed E-state index contributed by atoms with van der Waals surface area (Å²) in [6.45, 7) is 0. The van der Waals surface area contributed by atoms with Gasteiger partial charge in [0.25, 0.3) is 0 Å². The Morgan fingerprint density at radius 1 is 1.06 bits per heavy atom. The Morgan fingerprint density at radius 2 is 1.81 bits per heavy atom. The summed E-state index contributed by atoms with van der Waals surface area (Å²) in [5.74, 6) is 0.195. The van der Waals surface area contributed by atoms with E-state index in [1.165, 1.54) is 0 Å². The highest BCUT2D eigenvalue weighted by Gasteiger charge is 2.03. The third-order valence-corrected chi connectivity index (χ3v) is 2.65.